The molecule has 0 atom stereocenters. The van der Waals surface area contributed by atoms with Gasteiger partial charge in [0, 0.05) is 20.8 Å². The van der Waals surface area contributed by atoms with Crippen molar-refractivity contribution in [1.29, 1.82) is 0 Å². The van der Waals surface area contributed by atoms with Crippen LogP contribution in [0, 0.1) is 0 Å². The molecule has 2 aliphatic carbocycles. The molecule has 7 rings (SSSR count). The Balaban J connectivity index is 0.000000111. The third-order valence-electron chi connectivity index (χ3n) is 6.12. The summed E-state index contributed by atoms with van der Waals surface area (Å²) in [5.74, 6) is 0.365. The van der Waals surface area contributed by atoms with Crippen LogP contribution >= 0.6 is 23.2 Å². The van der Waals surface area contributed by atoms with Crippen molar-refractivity contribution in [3.63, 3.8) is 0 Å². The molecule has 0 saturated carbocycles. The van der Waals surface area contributed by atoms with E-state index in [1.54, 1.807) is 12.1 Å². The van der Waals surface area contributed by atoms with Gasteiger partial charge in [0.25, 0.3) is 0 Å². The molecule has 0 unspecified atom stereocenters. The quantitative estimate of drug-likeness (QED) is 0.241. The van der Waals surface area contributed by atoms with E-state index < -0.39 is 0 Å². The first-order valence-corrected chi connectivity index (χ1v) is 12.0. The van der Waals surface area contributed by atoms with Gasteiger partial charge in [-0.25, -0.2) is 0 Å². The smallest absolute Gasteiger partial charge is 0.123 e. The molecule has 1 N–H and O–H groups in total. The van der Waals surface area contributed by atoms with Crippen LogP contribution in [0.5, 0.6) is 5.75 Å². The van der Waals surface area contributed by atoms with Crippen molar-refractivity contribution in [2.24, 2.45) is 0 Å². The van der Waals surface area contributed by atoms with Gasteiger partial charge in [0.15, 0.2) is 0 Å². The van der Waals surface area contributed by atoms with Crippen LogP contribution in [0.1, 0.15) is 27.8 Å². The lowest BCUT2D eigenvalue weighted by Crippen LogP contribution is -1.78. The molecular weight excluding hydrogens is 471 g/mol. The van der Waals surface area contributed by atoms with Crippen molar-refractivity contribution in [3.8, 4) is 5.75 Å². The van der Waals surface area contributed by atoms with Gasteiger partial charge in [-0.05, 0) is 62.9 Å². The van der Waals surface area contributed by atoms with Crippen molar-refractivity contribution < 1.29 is 5.11 Å². The van der Waals surface area contributed by atoms with Crippen LogP contribution in [0.2, 0.25) is 10.0 Å². The second-order valence-electron chi connectivity index (χ2n) is 8.27. The summed E-state index contributed by atoms with van der Waals surface area (Å²) in [5, 5.41) is 15.8. The first kappa shape index (κ1) is 23.0. The van der Waals surface area contributed by atoms with Crippen molar-refractivity contribution in [2.45, 2.75) is 0 Å². The summed E-state index contributed by atoms with van der Waals surface area (Å²) in [6, 6.07) is 27.5. The molecule has 0 radical (unpaired) electrons. The Labute approximate surface area is 214 Å². The van der Waals surface area contributed by atoms with Crippen LogP contribution in [0.15, 0.2) is 91.5 Å². The second kappa shape index (κ2) is 9.84. The maximum Gasteiger partial charge on any atom is 0.123 e. The van der Waals surface area contributed by atoms with Crippen LogP contribution in [-0.4, -0.2) is 5.11 Å². The number of halogens is 2. The molecule has 0 spiro atoms. The average Bonchev–Trinajstić information content (AvgIpc) is 3.51. The topological polar surface area (TPSA) is 20.2 Å². The van der Waals surface area contributed by atoms with Crippen LogP contribution in [0.3, 0.4) is 0 Å². The lowest BCUT2D eigenvalue weighted by molar-refractivity contribution is 0.481. The summed E-state index contributed by atoms with van der Waals surface area (Å²) in [5.41, 5.74) is 6.04. The Morgan fingerprint density at radius 2 is 1.09 bits per heavy atom. The summed E-state index contributed by atoms with van der Waals surface area (Å²) in [7, 11) is 0. The first-order chi connectivity index (χ1) is 17.0. The Bertz CT molecular complexity index is 1500. The molecule has 35 heavy (non-hydrogen) atoms. The Morgan fingerprint density at radius 1 is 0.571 bits per heavy atom. The molecule has 0 aliphatic heterocycles. The van der Waals surface area contributed by atoms with Crippen molar-refractivity contribution in [1.82, 2.24) is 0 Å². The zero-order valence-electron chi connectivity index (χ0n) is 18.9. The molecule has 0 aromatic heterocycles. The third kappa shape index (κ3) is 4.61. The molecule has 5 aromatic carbocycles. The molecule has 0 bridgehead atoms. The largest absolute Gasteiger partial charge is 0.507 e. The molecule has 0 fully saturated rings. The van der Waals surface area contributed by atoms with E-state index in [0.717, 1.165) is 26.4 Å². The van der Waals surface area contributed by atoms with Crippen LogP contribution in [0.4, 0.5) is 0 Å². The normalized spacial score (nSPS) is 11.7. The van der Waals surface area contributed by atoms with Crippen molar-refractivity contribution in [2.75, 3.05) is 0 Å². The Kier molecular flexibility index (Phi) is 6.46. The first-order valence-electron chi connectivity index (χ1n) is 11.3. The van der Waals surface area contributed by atoms with Gasteiger partial charge in [0.1, 0.15) is 5.75 Å². The van der Waals surface area contributed by atoms with Crippen LogP contribution in [0.25, 0.3) is 51.9 Å². The van der Waals surface area contributed by atoms with Gasteiger partial charge in [-0.15, -0.1) is 0 Å². The number of hydrogen-bond donors (Lipinski definition) is 1. The fourth-order valence-corrected chi connectivity index (χ4v) is 4.74. The van der Waals surface area contributed by atoms with E-state index >= 15 is 0 Å². The number of aromatic hydroxyl groups is 1. The zero-order chi connectivity index (χ0) is 24.4. The number of rotatable bonds is 1. The minimum atomic E-state index is 0.365. The maximum atomic E-state index is 9.62. The van der Waals surface area contributed by atoms with Gasteiger partial charge in [-0.2, -0.15) is 0 Å². The van der Waals surface area contributed by atoms with Gasteiger partial charge in [0.05, 0.1) is 0 Å². The summed E-state index contributed by atoms with van der Waals surface area (Å²) in [6.07, 6.45) is 10.2. The minimum absolute atomic E-state index is 0.365. The van der Waals surface area contributed by atoms with Gasteiger partial charge >= 0.3 is 0 Å². The highest BCUT2D eigenvalue weighted by atomic mass is 35.5. The highest BCUT2D eigenvalue weighted by Crippen LogP contribution is 2.36. The number of hydrogen-bond acceptors (Lipinski definition) is 1. The van der Waals surface area contributed by atoms with E-state index in [4.69, 9.17) is 23.2 Å². The summed E-state index contributed by atoms with van der Waals surface area (Å²) >= 11 is 11.7. The molecule has 1 nitrogen and oxygen atoms in total. The van der Waals surface area contributed by atoms with E-state index in [0.29, 0.717) is 5.75 Å². The van der Waals surface area contributed by atoms with Crippen molar-refractivity contribution in [3.05, 3.63) is 129 Å². The Morgan fingerprint density at radius 3 is 1.69 bits per heavy atom. The van der Waals surface area contributed by atoms with Gasteiger partial charge in [-0.1, -0.05) is 121 Å². The molecule has 0 saturated heterocycles. The van der Waals surface area contributed by atoms with E-state index in [1.807, 2.05) is 54.6 Å². The van der Waals surface area contributed by atoms with E-state index in [2.05, 4.69) is 55.1 Å². The van der Waals surface area contributed by atoms with E-state index in [-0.39, 0.29) is 0 Å². The summed E-state index contributed by atoms with van der Waals surface area (Å²) in [4.78, 5) is 0. The van der Waals surface area contributed by atoms with Crippen molar-refractivity contribution >= 4 is 75.1 Å². The molecule has 5 aromatic rings. The molecule has 0 amide bonds. The van der Waals surface area contributed by atoms with Gasteiger partial charge in [0.2, 0.25) is 0 Å². The lowest BCUT2D eigenvalue weighted by Gasteiger charge is -2.03. The monoisotopic (exact) mass is 492 g/mol. The Hall–Kier alpha value is -3.78. The zero-order valence-corrected chi connectivity index (χ0v) is 20.4. The van der Waals surface area contributed by atoms with Crippen LogP contribution in [-0.2, 0) is 0 Å². The summed E-state index contributed by atoms with van der Waals surface area (Å²) in [6.45, 7) is 3.62. The highest BCUT2D eigenvalue weighted by Gasteiger charge is 2.11. The highest BCUT2D eigenvalue weighted by molar-refractivity contribution is 6.36. The number of phenols is 1. The molecule has 2 aliphatic rings. The fraction of sp³-hybridized carbons (Fsp3) is 0. The van der Waals surface area contributed by atoms with Gasteiger partial charge < -0.3 is 5.11 Å². The van der Waals surface area contributed by atoms with E-state index in [9.17, 15) is 5.11 Å². The fourth-order valence-electron chi connectivity index (χ4n) is 4.39. The lowest BCUT2D eigenvalue weighted by atomic mass is 10.0. The van der Waals surface area contributed by atoms with Gasteiger partial charge in [-0.3, -0.25) is 0 Å². The molecule has 3 heteroatoms. The SMILES string of the molecule is C=Cc1ccc(Cl)cc1.Clc1ccc2c3c(cccc13)C=C2.Oc1ccc2c3c(cccc13)C=C2. The standard InChI is InChI=1S/C12H7Cl.C12H8O.C8H7Cl/c2*13-11-7-6-9-5-4-8-2-1-3-10(11)12(8)9;1-2-7-3-5-8(9)6-4-7/h1-7H;1-7,13H;2-6H,1H2. The van der Waals surface area contributed by atoms with E-state index in [1.165, 1.54) is 33.0 Å². The maximum absolute atomic E-state index is 9.62. The predicted octanol–water partition coefficient (Wildman–Crippen LogP) is 9.99. The summed E-state index contributed by atoms with van der Waals surface area (Å²) < 4.78 is 0. The third-order valence-corrected chi connectivity index (χ3v) is 6.71. The molecule has 0 heterocycles. The van der Waals surface area contributed by atoms with Crippen LogP contribution < -0.4 is 0 Å². The number of phenolic OH excluding ortho intramolecular Hbond substituents is 1. The molecule has 170 valence electrons. The molecular formula is C32H22Cl2O. The minimum Gasteiger partial charge on any atom is -0.507 e. The average molecular weight is 493 g/mol. The second-order valence-corrected chi connectivity index (χ2v) is 9.12. The number of benzene rings is 5. The predicted molar refractivity (Wildman–Crippen MR) is 154 cm³/mol.